The van der Waals surface area contributed by atoms with Crippen molar-refractivity contribution < 1.29 is 28.6 Å². The third kappa shape index (κ3) is 4.83. The normalized spacial score (nSPS) is 17.8. The number of unbranched alkanes of at least 4 members (excludes halogenated alkanes) is 1. The Labute approximate surface area is 187 Å². The summed E-state index contributed by atoms with van der Waals surface area (Å²) in [4.78, 5) is 27.0. The monoisotopic (exact) mass is 441 g/mol. The lowest BCUT2D eigenvalue weighted by Gasteiger charge is -2.25. The number of ether oxygens (including phenoxy) is 2. The quantitative estimate of drug-likeness (QED) is 0.271. The lowest BCUT2D eigenvalue weighted by molar-refractivity contribution is -0.140. The van der Waals surface area contributed by atoms with Crippen LogP contribution >= 0.6 is 0 Å². The van der Waals surface area contributed by atoms with Crippen LogP contribution in [0.15, 0.2) is 48.0 Å². The summed E-state index contributed by atoms with van der Waals surface area (Å²) < 4.78 is 24.3. The third-order valence-corrected chi connectivity index (χ3v) is 5.47. The summed E-state index contributed by atoms with van der Waals surface area (Å²) in [5.74, 6) is -1.52. The summed E-state index contributed by atoms with van der Waals surface area (Å²) in [6.45, 7) is 4.90. The first-order valence-electron chi connectivity index (χ1n) is 10.7. The van der Waals surface area contributed by atoms with E-state index in [1.54, 1.807) is 18.2 Å². The van der Waals surface area contributed by atoms with Crippen molar-refractivity contribution in [1.82, 2.24) is 4.90 Å². The van der Waals surface area contributed by atoms with Crippen LogP contribution in [0.4, 0.5) is 4.39 Å². The van der Waals surface area contributed by atoms with Crippen LogP contribution in [0.1, 0.15) is 42.5 Å². The highest BCUT2D eigenvalue weighted by molar-refractivity contribution is 6.46. The molecule has 0 saturated carbocycles. The zero-order valence-electron chi connectivity index (χ0n) is 18.6. The number of hydrogen-bond acceptors (Lipinski definition) is 5. The number of Topliss-reactive ketones (excluding diaryl/α,β-unsaturated/α-hetero) is 1. The van der Waals surface area contributed by atoms with Gasteiger partial charge in [0.1, 0.15) is 17.3 Å². The summed E-state index contributed by atoms with van der Waals surface area (Å²) in [5.41, 5.74) is 1.70. The minimum atomic E-state index is -0.841. The maximum Gasteiger partial charge on any atom is 0.295 e. The number of nitrogens with zero attached hydrogens (tertiary/aromatic N) is 1. The van der Waals surface area contributed by atoms with Gasteiger partial charge in [-0.2, -0.15) is 0 Å². The van der Waals surface area contributed by atoms with E-state index in [4.69, 9.17) is 9.47 Å². The van der Waals surface area contributed by atoms with Crippen LogP contribution in [0.3, 0.4) is 0 Å². The molecule has 2 aromatic carbocycles. The zero-order valence-corrected chi connectivity index (χ0v) is 18.6. The highest BCUT2D eigenvalue weighted by Crippen LogP contribution is 2.39. The van der Waals surface area contributed by atoms with Gasteiger partial charge in [0.25, 0.3) is 11.7 Å². The van der Waals surface area contributed by atoms with Gasteiger partial charge in [0.05, 0.1) is 24.8 Å². The van der Waals surface area contributed by atoms with E-state index in [9.17, 15) is 19.1 Å². The molecular formula is C25H28FNO5. The van der Waals surface area contributed by atoms with E-state index < -0.39 is 23.5 Å². The number of amides is 1. The molecule has 3 rings (SSSR count). The van der Waals surface area contributed by atoms with Gasteiger partial charge in [0.2, 0.25) is 0 Å². The minimum absolute atomic E-state index is 0.0308. The van der Waals surface area contributed by atoms with E-state index in [-0.39, 0.29) is 24.5 Å². The highest BCUT2D eigenvalue weighted by atomic mass is 19.1. The van der Waals surface area contributed by atoms with Crippen LogP contribution in [-0.2, 0) is 14.3 Å². The molecule has 1 heterocycles. The van der Waals surface area contributed by atoms with Crippen LogP contribution in [0, 0.1) is 12.7 Å². The largest absolute Gasteiger partial charge is 0.507 e. The van der Waals surface area contributed by atoms with Crippen LogP contribution in [0.25, 0.3) is 5.76 Å². The number of hydrogen-bond donors (Lipinski definition) is 1. The highest BCUT2D eigenvalue weighted by Gasteiger charge is 2.45. The molecule has 1 fully saturated rings. The van der Waals surface area contributed by atoms with Crippen LogP contribution in [0.2, 0.25) is 0 Å². The van der Waals surface area contributed by atoms with Crippen LogP contribution in [-0.4, -0.2) is 48.6 Å². The number of aliphatic hydroxyl groups excluding tert-OH is 1. The third-order valence-electron chi connectivity index (χ3n) is 5.47. The Hall–Kier alpha value is -3.19. The molecule has 1 aliphatic heterocycles. The van der Waals surface area contributed by atoms with Crippen molar-refractivity contribution in [1.29, 1.82) is 0 Å². The first-order valence-corrected chi connectivity index (χ1v) is 10.7. The van der Waals surface area contributed by atoms with Gasteiger partial charge in [-0.3, -0.25) is 9.59 Å². The standard InChI is InChI=1S/C25H28FNO5/c1-4-5-13-32-20-11-8-18(15-16(20)2)23(28)21-22(17-6-9-19(26)10-7-17)27(12-14-31-3)25(30)24(21)29/h6-11,15,22,28H,4-5,12-14H2,1-3H3/t22-/m0/s1. The Morgan fingerprint density at radius 2 is 1.84 bits per heavy atom. The number of aryl methyl sites for hydroxylation is 1. The number of rotatable bonds is 9. The van der Waals surface area contributed by atoms with Crippen molar-refractivity contribution in [3.05, 3.63) is 70.5 Å². The maximum atomic E-state index is 13.5. The average Bonchev–Trinajstić information content (AvgIpc) is 3.03. The van der Waals surface area contributed by atoms with E-state index in [0.717, 1.165) is 18.4 Å². The molecule has 0 radical (unpaired) electrons. The molecule has 0 bridgehead atoms. The van der Waals surface area contributed by atoms with E-state index in [1.807, 2.05) is 6.92 Å². The van der Waals surface area contributed by atoms with Gasteiger partial charge in [-0.25, -0.2) is 4.39 Å². The topological polar surface area (TPSA) is 76.1 Å². The zero-order chi connectivity index (χ0) is 23.3. The molecule has 2 aromatic rings. The van der Waals surface area contributed by atoms with Crippen molar-refractivity contribution in [2.45, 2.75) is 32.7 Å². The maximum absolute atomic E-state index is 13.5. The number of carbonyl (C=O) groups is 2. The van der Waals surface area contributed by atoms with Gasteiger partial charge < -0.3 is 19.5 Å². The van der Waals surface area contributed by atoms with E-state index in [0.29, 0.717) is 23.5 Å². The number of carbonyl (C=O) groups excluding carboxylic acids is 2. The predicted molar refractivity (Wildman–Crippen MR) is 119 cm³/mol. The summed E-state index contributed by atoms with van der Waals surface area (Å²) in [6.07, 6.45) is 1.95. The molecule has 1 saturated heterocycles. The lowest BCUT2D eigenvalue weighted by atomic mass is 9.94. The SMILES string of the molecule is CCCCOc1ccc(C(O)=C2C(=O)C(=O)N(CCOC)[C@H]2c2ccc(F)cc2)cc1C. The Balaban J connectivity index is 2.04. The number of halogens is 1. The van der Waals surface area contributed by atoms with Crippen LogP contribution < -0.4 is 4.74 Å². The molecule has 170 valence electrons. The molecule has 1 atom stereocenters. The van der Waals surface area contributed by atoms with Crippen molar-refractivity contribution in [2.24, 2.45) is 0 Å². The summed E-state index contributed by atoms with van der Waals surface area (Å²) >= 11 is 0. The second-order valence-corrected chi connectivity index (χ2v) is 7.72. The fraction of sp³-hybridized carbons (Fsp3) is 0.360. The van der Waals surface area contributed by atoms with E-state index in [2.05, 4.69) is 6.92 Å². The van der Waals surface area contributed by atoms with Gasteiger partial charge in [0.15, 0.2) is 0 Å². The number of likely N-dealkylation sites (tertiary alicyclic amines) is 1. The smallest absolute Gasteiger partial charge is 0.295 e. The molecule has 32 heavy (non-hydrogen) atoms. The van der Waals surface area contributed by atoms with Gasteiger partial charge in [0, 0.05) is 19.2 Å². The second-order valence-electron chi connectivity index (χ2n) is 7.72. The van der Waals surface area contributed by atoms with E-state index in [1.165, 1.54) is 36.3 Å². The van der Waals surface area contributed by atoms with Gasteiger partial charge in [-0.15, -0.1) is 0 Å². The fourth-order valence-electron chi connectivity index (χ4n) is 3.73. The van der Waals surface area contributed by atoms with Gasteiger partial charge in [-0.1, -0.05) is 25.5 Å². The number of aliphatic hydroxyl groups is 1. The number of benzene rings is 2. The minimum Gasteiger partial charge on any atom is -0.507 e. The molecule has 0 unspecified atom stereocenters. The molecule has 7 heteroatoms. The Morgan fingerprint density at radius 1 is 1.12 bits per heavy atom. The van der Waals surface area contributed by atoms with Crippen molar-refractivity contribution in [2.75, 3.05) is 26.9 Å². The first-order chi connectivity index (χ1) is 15.4. The predicted octanol–water partition coefficient (Wildman–Crippen LogP) is 4.38. The van der Waals surface area contributed by atoms with Gasteiger partial charge in [-0.05, 0) is 54.8 Å². The van der Waals surface area contributed by atoms with Crippen molar-refractivity contribution in [3.63, 3.8) is 0 Å². The second kappa shape index (κ2) is 10.4. The first kappa shape index (κ1) is 23.5. The van der Waals surface area contributed by atoms with Crippen molar-refractivity contribution >= 4 is 17.4 Å². The molecular weight excluding hydrogens is 413 g/mol. The fourth-order valence-corrected chi connectivity index (χ4v) is 3.73. The average molecular weight is 441 g/mol. The van der Waals surface area contributed by atoms with E-state index >= 15 is 0 Å². The molecule has 1 amide bonds. The molecule has 0 aromatic heterocycles. The molecule has 0 aliphatic carbocycles. The van der Waals surface area contributed by atoms with Gasteiger partial charge >= 0.3 is 0 Å². The Bertz CT molecular complexity index is 1020. The summed E-state index contributed by atoms with van der Waals surface area (Å²) in [5, 5.41) is 11.1. The molecule has 1 N–H and O–H groups in total. The van der Waals surface area contributed by atoms with Crippen LogP contribution in [0.5, 0.6) is 5.75 Å². The summed E-state index contributed by atoms with van der Waals surface area (Å²) in [7, 11) is 1.50. The Kier molecular flexibility index (Phi) is 7.64. The molecule has 0 spiro atoms. The number of methoxy groups -OCH3 is 1. The number of ketones is 1. The Morgan fingerprint density at radius 3 is 2.47 bits per heavy atom. The molecule has 6 nitrogen and oxygen atoms in total. The summed E-state index contributed by atoms with van der Waals surface area (Å²) in [6, 6.07) is 9.83. The van der Waals surface area contributed by atoms with Crippen molar-refractivity contribution in [3.8, 4) is 5.75 Å². The lowest BCUT2D eigenvalue weighted by Crippen LogP contribution is -2.32. The molecule has 1 aliphatic rings.